The first-order chi connectivity index (χ1) is 23.6. The average molecular weight is 919 g/mol. The molecule has 0 spiro atoms. The summed E-state index contributed by atoms with van der Waals surface area (Å²) < 4.78 is 150. The van der Waals surface area contributed by atoms with Crippen LogP contribution in [0.25, 0.3) is 0 Å². The predicted octanol–water partition coefficient (Wildman–Crippen LogP) is 4.82. The molecule has 0 unspecified atom stereocenters. The fourth-order valence-electron chi connectivity index (χ4n) is 6.45. The van der Waals surface area contributed by atoms with Crippen molar-refractivity contribution in [1.82, 2.24) is 0 Å². The summed E-state index contributed by atoms with van der Waals surface area (Å²) >= 11 is 1.82. The van der Waals surface area contributed by atoms with Gasteiger partial charge in [-0.05, 0) is 67.6 Å². The van der Waals surface area contributed by atoms with Crippen LogP contribution >= 0.6 is 22.6 Å². The Kier molecular flexibility index (Phi) is 11.6. The lowest BCUT2D eigenvalue weighted by Gasteiger charge is -2.26. The molecule has 2 aromatic rings. The van der Waals surface area contributed by atoms with Crippen molar-refractivity contribution in [3.8, 4) is 0 Å². The van der Waals surface area contributed by atoms with Crippen LogP contribution in [0, 0.1) is 9.39 Å². The van der Waals surface area contributed by atoms with E-state index in [1.807, 2.05) is 22.6 Å². The molecule has 0 saturated heterocycles. The van der Waals surface area contributed by atoms with Gasteiger partial charge in [0.1, 0.15) is 15.5 Å². The van der Waals surface area contributed by atoms with Crippen molar-refractivity contribution in [3.05, 3.63) is 92.5 Å². The molecule has 0 amide bonds. The second kappa shape index (κ2) is 14.4. The minimum absolute atomic E-state index is 0.0954. The number of hydrogen-bond acceptors (Lipinski definition) is 9. The fourth-order valence-corrected chi connectivity index (χ4v) is 10.4. The number of halogens is 2. The second-order valence-corrected chi connectivity index (χ2v) is 20.2. The van der Waals surface area contributed by atoms with Gasteiger partial charge in [0.2, 0.25) is 5.69 Å². The molecule has 0 atom stereocenters. The highest BCUT2D eigenvalue weighted by Gasteiger charge is 2.48. The maximum atomic E-state index is 15.6. The molecule has 52 heavy (non-hydrogen) atoms. The van der Waals surface area contributed by atoms with Gasteiger partial charge in [0.25, 0.3) is 40.5 Å². The smallest absolute Gasteiger partial charge is 0.297 e. The Morgan fingerprint density at radius 2 is 1.40 bits per heavy atom. The van der Waals surface area contributed by atoms with Crippen LogP contribution in [0.5, 0.6) is 0 Å². The van der Waals surface area contributed by atoms with Crippen molar-refractivity contribution in [1.29, 1.82) is 0 Å². The Morgan fingerprint density at radius 1 is 0.827 bits per heavy atom. The van der Waals surface area contributed by atoms with Crippen molar-refractivity contribution >= 4 is 80.1 Å². The molecule has 14 nitrogen and oxygen atoms in total. The zero-order valence-corrected chi connectivity index (χ0v) is 33.9. The number of hydrogen-bond donors (Lipinski definition) is 4. The highest BCUT2D eigenvalue weighted by molar-refractivity contribution is 14.1. The summed E-state index contributed by atoms with van der Waals surface area (Å²) in [5.74, 6) is -2.53. The molecule has 2 aromatic carbocycles. The number of fused-ring (bicyclic) bond motifs is 2. The van der Waals surface area contributed by atoms with Gasteiger partial charge in [0.15, 0.2) is 18.1 Å². The molecule has 2 aliphatic rings. The van der Waals surface area contributed by atoms with E-state index in [1.54, 1.807) is 76.0 Å². The minimum atomic E-state index is -4.92. The van der Waals surface area contributed by atoms with Gasteiger partial charge >= 0.3 is 0 Å². The molecule has 0 fully saturated rings. The van der Waals surface area contributed by atoms with Crippen LogP contribution in [0.3, 0.4) is 0 Å². The van der Waals surface area contributed by atoms with E-state index in [9.17, 15) is 51.9 Å². The lowest BCUT2D eigenvalue weighted by Crippen LogP contribution is -2.30. The Morgan fingerprint density at radius 3 is 1.96 bits per heavy atom. The van der Waals surface area contributed by atoms with Crippen molar-refractivity contribution < 1.29 is 60.8 Å². The molecule has 0 saturated carbocycles. The highest BCUT2D eigenvalue weighted by Crippen LogP contribution is 2.51. The zero-order chi connectivity index (χ0) is 39.4. The van der Waals surface area contributed by atoms with E-state index in [2.05, 4.69) is 0 Å². The van der Waals surface area contributed by atoms with E-state index in [1.165, 1.54) is 22.8 Å². The van der Waals surface area contributed by atoms with Gasteiger partial charge in [0.05, 0.1) is 16.7 Å². The highest BCUT2D eigenvalue weighted by atomic mass is 131. The second-order valence-electron chi connectivity index (χ2n) is 13.2. The minimum Gasteiger partial charge on any atom is -0.343 e. The zero-order valence-electron chi connectivity index (χ0n) is 28.4. The number of rotatable bonds is 12. The maximum absolute atomic E-state index is 15.6. The van der Waals surface area contributed by atoms with E-state index >= 15 is 4.39 Å². The van der Waals surface area contributed by atoms with Crippen molar-refractivity contribution in [2.75, 3.05) is 29.5 Å². The predicted molar refractivity (Wildman–Crippen MR) is 201 cm³/mol. The Balaban J connectivity index is 1.73. The summed E-state index contributed by atoms with van der Waals surface area (Å²) in [5.41, 5.74) is 0.587. The van der Waals surface area contributed by atoms with Gasteiger partial charge in [-0.15, -0.1) is 0 Å². The van der Waals surface area contributed by atoms with Gasteiger partial charge in [-0.3, -0.25) is 18.2 Å². The molecule has 4 rings (SSSR count). The SMILES string of the molecule is CC(/C=C/C=C1/N(CCS(=O)(=O)O)c2ccc(S(=O)(=O)O)c([131I])c2C1(C)C)=C\C=C\C1=[N+](CCS(=O)(=O)O)c2ccc(S(=O)(=O)O)c([18F])c2C1(C)C. The molecule has 0 bridgehead atoms. The number of nitrogens with zero attached hydrogens (tertiary/aromatic N) is 2. The summed E-state index contributed by atoms with van der Waals surface area (Å²) in [6, 6.07) is 4.80. The standard InChI is InChI=1S/C32H36FIN2O12S4/c1-20(8-6-10-25-31(2,3)27-21(35(25)16-18-49(37,38)39)12-14-23(29(27)33)51(43,44)45)9-7-11-26-32(4,5)28-22(36(26)17-19-50(40,41)42)13-15-24(30(28)34)52(46,47)48/h6-15H,16-19H2,1-5H3,(H3-,37,38,39,40,41,42,43,44,45,46,47,48)/p+1/i33-1,34+4. The van der Waals surface area contributed by atoms with Crippen LogP contribution < -0.4 is 4.90 Å². The van der Waals surface area contributed by atoms with Gasteiger partial charge in [0, 0.05) is 44.6 Å². The summed E-state index contributed by atoms with van der Waals surface area (Å²) in [7, 11) is -18.3. The van der Waals surface area contributed by atoms with Crippen LogP contribution in [0.1, 0.15) is 45.7 Å². The van der Waals surface area contributed by atoms with Gasteiger partial charge in [-0.2, -0.15) is 38.2 Å². The van der Waals surface area contributed by atoms with Crippen LogP contribution in [0.15, 0.2) is 81.8 Å². The summed E-state index contributed by atoms with van der Waals surface area (Å²) in [5, 5.41) is 0. The third-order valence-corrected chi connectivity index (χ3v) is 13.4. The van der Waals surface area contributed by atoms with Crippen molar-refractivity contribution in [2.45, 2.75) is 55.2 Å². The molecule has 0 aromatic heterocycles. The molecule has 2 heterocycles. The van der Waals surface area contributed by atoms with Gasteiger partial charge < -0.3 is 4.90 Å². The lowest BCUT2D eigenvalue weighted by molar-refractivity contribution is -0.432. The summed E-state index contributed by atoms with van der Waals surface area (Å²) in [6.45, 7) is 8.07. The topological polar surface area (TPSA) is 224 Å². The Labute approximate surface area is 316 Å². The monoisotopic (exact) mass is 918 g/mol. The molecule has 0 radical (unpaired) electrons. The van der Waals surface area contributed by atoms with Crippen molar-refractivity contribution in [2.24, 2.45) is 0 Å². The van der Waals surface area contributed by atoms with E-state index in [-0.39, 0.29) is 32.8 Å². The normalized spacial score (nSPS) is 18.6. The van der Waals surface area contributed by atoms with E-state index in [0.29, 0.717) is 28.2 Å². The summed E-state index contributed by atoms with van der Waals surface area (Å²) in [6.07, 6.45) is 9.94. The first kappa shape index (κ1) is 41.9. The van der Waals surface area contributed by atoms with Crippen LogP contribution in [0.4, 0.5) is 15.8 Å². The number of benzene rings is 2. The molecular weight excluding hydrogens is 882 g/mol. The van der Waals surface area contributed by atoms with E-state index < -0.39 is 73.5 Å². The molecule has 4 N–H and O–H groups in total. The van der Waals surface area contributed by atoms with E-state index in [4.69, 9.17) is 0 Å². The molecular formula is C32H37FIN2O12S4+. The van der Waals surface area contributed by atoms with Crippen molar-refractivity contribution in [3.63, 3.8) is 0 Å². The third kappa shape index (κ3) is 8.75. The average Bonchev–Trinajstić information content (AvgIpc) is 3.32. The first-order valence-corrected chi connectivity index (χ1v) is 22.4. The number of allylic oxidation sites excluding steroid dienone is 8. The quantitative estimate of drug-likeness (QED) is 0.0972. The van der Waals surface area contributed by atoms with Crippen LogP contribution in [0.2, 0.25) is 0 Å². The Bertz CT molecular complexity index is 2450. The Hall–Kier alpha value is -2.83. The summed E-state index contributed by atoms with van der Waals surface area (Å²) in [4.78, 5) is 0.404. The lowest BCUT2D eigenvalue weighted by atomic mass is 9.81. The first-order valence-electron chi connectivity index (χ1n) is 15.3. The molecule has 2 aliphatic heterocycles. The van der Waals surface area contributed by atoms with Crippen LogP contribution in [-0.2, 0) is 51.3 Å². The third-order valence-electron chi connectivity index (χ3n) is 8.79. The molecule has 20 heteroatoms. The molecule has 0 aliphatic carbocycles. The van der Waals surface area contributed by atoms with Crippen LogP contribution in [-0.4, -0.2) is 86.8 Å². The van der Waals surface area contributed by atoms with E-state index in [0.717, 1.165) is 6.07 Å². The maximum Gasteiger partial charge on any atom is 0.297 e. The number of anilines is 1. The largest absolute Gasteiger partial charge is 0.343 e. The fraction of sp³-hybridized carbons (Fsp3) is 0.344. The van der Waals surface area contributed by atoms with Gasteiger partial charge in [-0.25, -0.2) is 4.39 Å². The van der Waals surface area contributed by atoms with Gasteiger partial charge in [-0.1, -0.05) is 43.7 Å². The molecule has 284 valence electrons.